The summed E-state index contributed by atoms with van der Waals surface area (Å²) >= 11 is 12.5. The molecule has 2 aromatic rings. The summed E-state index contributed by atoms with van der Waals surface area (Å²) in [5.41, 5.74) is 5.32. The Bertz CT molecular complexity index is 1010. The van der Waals surface area contributed by atoms with Gasteiger partial charge in [-0.25, -0.2) is 0 Å². The zero-order valence-corrected chi connectivity index (χ0v) is 17.4. The monoisotopic (exact) mass is 413 g/mol. The van der Waals surface area contributed by atoms with Gasteiger partial charge in [-0.05, 0) is 55.5 Å². The van der Waals surface area contributed by atoms with Crippen LogP contribution in [0.1, 0.15) is 48.3 Å². The number of benzene rings is 2. The molecule has 28 heavy (non-hydrogen) atoms. The topological polar surface area (TPSA) is 37.4 Å². The van der Waals surface area contributed by atoms with Crippen molar-refractivity contribution in [2.24, 2.45) is 0 Å². The van der Waals surface area contributed by atoms with E-state index in [1.807, 2.05) is 38.1 Å². The molecular formula is C23H21Cl2NO2. The number of aryl methyl sites for hydroxylation is 2. The summed E-state index contributed by atoms with van der Waals surface area (Å²) < 4.78 is 0. The molecule has 3 nitrogen and oxygen atoms in total. The van der Waals surface area contributed by atoms with Gasteiger partial charge in [-0.2, -0.15) is 0 Å². The van der Waals surface area contributed by atoms with Gasteiger partial charge in [0.1, 0.15) is 0 Å². The van der Waals surface area contributed by atoms with Crippen molar-refractivity contribution in [2.45, 2.75) is 45.4 Å². The standard InChI is InChI=1S/C23H21Cl2NO2/c1-13-5-3-6-14(2)23(13)26-19-7-4-8-20(27)22(19)17(12-21(26)28)16-10-9-15(24)11-18(16)25/h3,5-6,9-11,17H,4,7-8,12H2,1-2H3. The number of ketones is 1. The third-order valence-electron chi connectivity index (χ3n) is 5.68. The van der Waals surface area contributed by atoms with Crippen molar-refractivity contribution in [2.75, 3.05) is 4.90 Å². The Morgan fingerprint density at radius 2 is 1.71 bits per heavy atom. The van der Waals surface area contributed by atoms with Crippen LogP contribution in [-0.4, -0.2) is 11.7 Å². The van der Waals surface area contributed by atoms with Gasteiger partial charge < -0.3 is 0 Å². The summed E-state index contributed by atoms with van der Waals surface area (Å²) in [5.74, 6) is -0.205. The van der Waals surface area contributed by atoms with Crippen molar-refractivity contribution in [3.63, 3.8) is 0 Å². The summed E-state index contributed by atoms with van der Waals surface area (Å²) in [7, 11) is 0. The van der Waals surface area contributed by atoms with Gasteiger partial charge in [-0.1, -0.05) is 47.5 Å². The van der Waals surface area contributed by atoms with Gasteiger partial charge in [0.25, 0.3) is 0 Å². The molecule has 1 atom stereocenters. The number of halogens is 2. The fraction of sp³-hybridized carbons (Fsp3) is 0.304. The number of Topliss-reactive ketones (excluding diaryl/α,β-unsaturated/α-hetero) is 1. The smallest absolute Gasteiger partial charge is 0.232 e. The Kier molecular flexibility index (Phi) is 5.07. The first-order valence-corrected chi connectivity index (χ1v) is 10.2. The Labute approximate surface area is 174 Å². The molecule has 2 aromatic carbocycles. The van der Waals surface area contributed by atoms with Gasteiger partial charge in [0.05, 0.1) is 5.69 Å². The maximum atomic E-state index is 13.3. The van der Waals surface area contributed by atoms with E-state index in [2.05, 4.69) is 0 Å². The minimum absolute atomic E-state index is 0.00173. The molecule has 4 rings (SSSR count). The minimum Gasteiger partial charge on any atom is -0.294 e. The highest BCUT2D eigenvalue weighted by Gasteiger charge is 2.41. The van der Waals surface area contributed by atoms with E-state index in [0.717, 1.165) is 40.1 Å². The van der Waals surface area contributed by atoms with Crippen LogP contribution in [0, 0.1) is 13.8 Å². The predicted molar refractivity (Wildman–Crippen MR) is 113 cm³/mol. The molecule has 0 spiro atoms. The number of amides is 1. The molecule has 0 aromatic heterocycles. The van der Waals surface area contributed by atoms with E-state index < -0.39 is 0 Å². The lowest BCUT2D eigenvalue weighted by molar-refractivity contribution is -0.119. The molecule has 1 unspecified atom stereocenters. The second-order valence-corrected chi connectivity index (χ2v) is 8.37. The summed E-state index contributed by atoms with van der Waals surface area (Å²) in [6.45, 7) is 4.01. The van der Waals surface area contributed by atoms with E-state index in [4.69, 9.17) is 23.2 Å². The molecule has 1 amide bonds. The van der Waals surface area contributed by atoms with E-state index in [1.54, 1.807) is 17.0 Å². The van der Waals surface area contributed by atoms with Crippen LogP contribution in [0.3, 0.4) is 0 Å². The zero-order chi connectivity index (χ0) is 20.0. The zero-order valence-electron chi connectivity index (χ0n) is 15.9. The van der Waals surface area contributed by atoms with E-state index >= 15 is 0 Å². The van der Waals surface area contributed by atoms with E-state index in [1.165, 1.54) is 0 Å². The highest BCUT2D eigenvalue weighted by Crippen LogP contribution is 2.46. The van der Waals surface area contributed by atoms with E-state index in [0.29, 0.717) is 22.9 Å². The Balaban J connectivity index is 1.92. The SMILES string of the molecule is Cc1cccc(C)c1N1C(=O)CC(c2ccc(Cl)cc2Cl)C2=C1CCCC2=O. The molecule has 0 saturated heterocycles. The number of allylic oxidation sites excluding steroid dienone is 2. The van der Waals surface area contributed by atoms with Crippen LogP contribution in [0.15, 0.2) is 47.7 Å². The van der Waals surface area contributed by atoms with Crippen molar-refractivity contribution in [1.29, 1.82) is 0 Å². The van der Waals surface area contributed by atoms with E-state index in [9.17, 15) is 9.59 Å². The third-order valence-corrected chi connectivity index (χ3v) is 6.24. The molecule has 2 aliphatic rings. The largest absolute Gasteiger partial charge is 0.294 e. The molecule has 0 N–H and O–H groups in total. The van der Waals surface area contributed by atoms with Gasteiger partial charge in [-0.3, -0.25) is 14.5 Å². The highest BCUT2D eigenvalue weighted by molar-refractivity contribution is 6.35. The maximum absolute atomic E-state index is 13.3. The van der Waals surface area contributed by atoms with E-state index in [-0.39, 0.29) is 24.0 Å². The molecular weight excluding hydrogens is 393 g/mol. The molecule has 0 bridgehead atoms. The lowest BCUT2D eigenvalue weighted by Crippen LogP contribution is -2.41. The molecule has 0 fully saturated rings. The second kappa shape index (κ2) is 7.38. The molecule has 0 saturated carbocycles. The van der Waals surface area contributed by atoms with Gasteiger partial charge in [0.2, 0.25) is 5.91 Å². The minimum atomic E-state index is -0.319. The van der Waals surface area contributed by atoms with Crippen LogP contribution in [0.25, 0.3) is 0 Å². The van der Waals surface area contributed by atoms with Gasteiger partial charge in [0.15, 0.2) is 5.78 Å². The van der Waals surface area contributed by atoms with Crippen LogP contribution in [-0.2, 0) is 9.59 Å². The number of nitrogens with zero attached hydrogens (tertiary/aromatic N) is 1. The number of para-hydroxylation sites is 1. The number of carbonyl (C=O) groups is 2. The van der Waals surface area contributed by atoms with Crippen molar-refractivity contribution in [3.8, 4) is 0 Å². The predicted octanol–water partition coefficient (Wildman–Crippen LogP) is 6.14. The summed E-state index contributed by atoms with van der Waals surface area (Å²) in [6.07, 6.45) is 2.20. The third kappa shape index (κ3) is 3.17. The number of carbonyl (C=O) groups excluding carboxylic acids is 2. The number of hydrogen-bond donors (Lipinski definition) is 0. The fourth-order valence-corrected chi connectivity index (χ4v) is 5.00. The van der Waals surface area contributed by atoms with Crippen LogP contribution in [0.4, 0.5) is 5.69 Å². The second-order valence-electron chi connectivity index (χ2n) is 7.53. The quantitative estimate of drug-likeness (QED) is 0.592. The van der Waals surface area contributed by atoms with Crippen LogP contribution in [0.5, 0.6) is 0 Å². The van der Waals surface area contributed by atoms with Crippen LogP contribution < -0.4 is 4.90 Å². The van der Waals surface area contributed by atoms with Gasteiger partial charge in [-0.15, -0.1) is 0 Å². The average molecular weight is 414 g/mol. The van der Waals surface area contributed by atoms with Crippen molar-refractivity contribution < 1.29 is 9.59 Å². The summed E-state index contributed by atoms with van der Waals surface area (Å²) in [6, 6.07) is 11.3. The Morgan fingerprint density at radius 3 is 2.39 bits per heavy atom. The van der Waals surface area contributed by atoms with Crippen molar-refractivity contribution >= 4 is 40.6 Å². The first kappa shape index (κ1) is 19.2. The first-order chi connectivity index (χ1) is 13.4. The number of rotatable bonds is 2. The first-order valence-electron chi connectivity index (χ1n) is 9.49. The average Bonchev–Trinajstić information content (AvgIpc) is 2.63. The van der Waals surface area contributed by atoms with Crippen molar-refractivity contribution in [1.82, 2.24) is 0 Å². The summed E-state index contributed by atoms with van der Waals surface area (Å²) in [5, 5.41) is 1.04. The number of hydrogen-bond acceptors (Lipinski definition) is 2. The summed E-state index contributed by atoms with van der Waals surface area (Å²) in [4.78, 5) is 28.1. The molecule has 5 heteroatoms. The molecule has 0 radical (unpaired) electrons. The van der Waals surface area contributed by atoms with Crippen LogP contribution in [0.2, 0.25) is 10.0 Å². The molecule has 1 aliphatic carbocycles. The lowest BCUT2D eigenvalue weighted by atomic mass is 9.77. The molecule has 144 valence electrons. The normalized spacial score (nSPS) is 19.9. The van der Waals surface area contributed by atoms with Crippen LogP contribution >= 0.6 is 23.2 Å². The Hall–Kier alpha value is -2.10. The maximum Gasteiger partial charge on any atom is 0.232 e. The van der Waals surface area contributed by atoms with Gasteiger partial charge in [0, 0.05) is 40.1 Å². The molecule has 1 heterocycles. The fourth-order valence-electron chi connectivity index (χ4n) is 4.46. The Morgan fingerprint density at radius 1 is 1.00 bits per heavy atom. The lowest BCUT2D eigenvalue weighted by Gasteiger charge is -2.39. The molecule has 1 aliphatic heterocycles. The van der Waals surface area contributed by atoms with Crippen molar-refractivity contribution in [3.05, 3.63) is 74.4 Å². The van der Waals surface area contributed by atoms with Gasteiger partial charge >= 0.3 is 0 Å². The highest BCUT2D eigenvalue weighted by atomic mass is 35.5. The number of anilines is 1.